The molecule has 1 amide bonds. The Hall–Kier alpha value is -1.56. The number of nitrogen functional groups attached to an aromatic ring is 1. The van der Waals surface area contributed by atoms with Crippen molar-refractivity contribution in [1.29, 1.82) is 0 Å². The molecular formula is C14H23N3O2S. The first kappa shape index (κ1) is 16.5. The normalized spacial score (nSPS) is 13.6. The monoisotopic (exact) mass is 297 g/mol. The summed E-state index contributed by atoms with van der Waals surface area (Å²) in [6, 6.07) is 5.25. The van der Waals surface area contributed by atoms with E-state index in [0.29, 0.717) is 23.4 Å². The lowest BCUT2D eigenvalue weighted by atomic mass is 10.1. The fourth-order valence-electron chi connectivity index (χ4n) is 1.84. The Balaban J connectivity index is 2.81. The smallest absolute Gasteiger partial charge is 0.253 e. The first-order valence-corrected chi connectivity index (χ1v) is 8.21. The first-order chi connectivity index (χ1) is 9.31. The molecule has 20 heavy (non-hydrogen) atoms. The molecule has 0 aliphatic rings. The molecule has 2 atom stereocenters. The number of nitrogens with one attached hydrogen (secondary N) is 1. The first-order valence-electron chi connectivity index (χ1n) is 6.49. The zero-order valence-corrected chi connectivity index (χ0v) is 13.3. The molecule has 0 aliphatic heterocycles. The molecule has 1 aromatic carbocycles. The third-order valence-corrected chi connectivity index (χ3v) is 3.77. The van der Waals surface area contributed by atoms with Crippen molar-refractivity contribution in [3.05, 3.63) is 23.8 Å². The second-order valence-corrected chi connectivity index (χ2v) is 6.67. The van der Waals surface area contributed by atoms with E-state index in [2.05, 4.69) is 5.32 Å². The predicted octanol–water partition coefficient (Wildman–Crippen LogP) is 1.22. The lowest BCUT2D eigenvalue weighted by Crippen LogP contribution is -2.34. The number of carbonyl (C=O) groups is 1. The molecule has 1 rings (SSSR count). The van der Waals surface area contributed by atoms with Crippen LogP contribution in [0.25, 0.3) is 0 Å². The number of carbonyl (C=O) groups excluding carboxylic acids is 1. The van der Waals surface area contributed by atoms with Gasteiger partial charge in [-0.15, -0.1) is 0 Å². The predicted molar refractivity (Wildman–Crippen MR) is 85.7 cm³/mol. The van der Waals surface area contributed by atoms with Gasteiger partial charge in [0.05, 0.1) is 5.56 Å². The standard InChI is InChI=1S/C14H23N3O2S/c1-10(7-8-20(4)19)16-14(18)12-9-11(15)5-6-13(12)17(2)3/h5-6,9-10H,7-8,15H2,1-4H3,(H,16,18). The maximum Gasteiger partial charge on any atom is 0.253 e. The topological polar surface area (TPSA) is 75.4 Å². The van der Waals surface area contributed by atoms with Gasteiger partial charge in [0.2, 0.25) is 0 Å². The Kier molecular flexibility index (Phi) is 6.01. The summed E-state index contributed by atoms with van der Waals surface area (Å²) < 4.78 is 11.1. The van der Waals surface area contributed by atoms with Gasteiger partial charge in [-0.3, -0.25) is 9.00 Å². The highest BCUT2D eigenvalue weighted by Crippen LogP contribution is 2.21. The van der Waals surface area contributed by atoms with Gasteiger partial charge in [-0.2, -0.15) is 0 Å². The quantitative estimate of drug-likeness (QED) is 0.774. The number of nitrogens with zero attached hydrogens (tertiary/aromatic N) is 1. The van der Waals surface area contributed by atoms with Gasteiger partial charge in [0.15, 0.2) is 0 Å². The molecule has 0 bridgehead atoms. The summed E-state index contributed by atoms with van der Waals surface area (Å²) in [6.45, 7) is 1.91. The molecule has 0 aromatic heterocycles. The van der Waals surface area contributed by atoms with Crippen LogP contribution in [0.1, 0.15) is 23.7 Å². The highest BCUT2D eigenvalue weighted by molar-refractivity contribution is 7.84. The van der Waals surface area contributed by atoms with Crippen molar-refractivity contribution in [2.45, 2.75) is 19.4 Å². The molecule has 0 spiro atoms. The van der Waals surface area contributed by atoms with Crippen molar-refractivity contribution in [3.8, 4) is 0 Å². The minimum absolute atomic E-state index is 0.0251. The molecule has 6 heteroatoms. The van der Waals surface area contributed by atoms with E-state index in [1.807, 2.05) is 32.0 Å². The fourth-order valence-corrected chi connectivity index (χ4v) is 2.53. The van der Waals surface area contributed by atoms with Crippen molar-refractivity contribution in [2.75, 3.05) is 36.7 Å². The van der Waals surface area contributed by atoms with Crippen molar-refractivity contribution in [3.63, 3.8) is 0 Å². The van der Waals surface area contributed by atoms with Crippen LogP contribution >= 0.6 is 0 Å². The van der Waals surface area contributed by atoms with Gasteiger partial charge in [0.1, 0.15) is 0 Å². The summed E-state index contributed by atoms with van der Waals surface area (Å²) >= 11 is 0. The second kappa shape index (κ2) is 7.28. The molecule has 0 saturated carbocycles. The molecule has 2 unspecified atom stereocenters. The number of hydrogen-bond acceptors (Lipinski definition) is 4. The lowest BCUT2D eigenvalue weighted by Gasteiger charge is -2.19. The average molecular weight is 297 g/mol. The second-order valence-electron chi connectivity index (χ2n) is 5.11. The summed E-state index contributed by atoms with van der Waals surface area (Å²) in [5.74, 6) is 0.425. The maximum absolute atomic E-state index is 12.3. The van der Waals surface area contributed by atoms with E-state index in [1.165, 1.54) is 0 Å². The Morgan fingerprint density at radius 1 is 1.45 bits per heavy atom. The van der Waals surface area contributed by atoms with Gasteiger partial charge in [0, 0.05) is 54.3 Å². The van der Waals surface area contributed by atoms with Crippen LogP contribution in [0.4, 0.5) is 11.4 Å². The lowest BCUT2D eigenvalue weighted by molar-refractivity contribution is 0.0940. The van der Waals surface area contributed by atoms with E-state index in [1.54, 1.807) is 18.4 Å². The van der Waals surface area contributed by atoms with Crippen LogP contribution in [0.15, 0.2) is 18.2 Å². The van der Waals surface area contributed by atoms with Crippen LogP contribution < -0.4 is 16.0 Å². The molecule has 1 aromatic rings. The van der Waals surface area contributed by atoms with Gasteiger partial charge >= 0.3 is 0 Å². The third-order valence-electron chi connectivity index (χ3n) is 2.96. The minimum Gasteiger partial charge on any atom is -0.399 e. The highest BCUT2D eigenvalue weighted by Gasteiger charge is 2.15. The number of hydrogen-bond donors (Lipinski definition) is 2. The van der Waals surface area contributed by atoms with Crippen LogP contribution in [0, 0.1) is 0 Å². The van der Waals surface area contributed by atoms with Crippen molar-refractivity contribution >= 4 is 28.1 Å². The molecule has 0 saturated heterocycles. The summed E-state index contributed by atoms with van der Waals surface area (Å²) in [5.41, 5.74) is 7.69. The van der Waals surface area contributed by atoms with E-state index in [-0.39, 0.29) is 11.9 Å². The van der Waals surface area contributed by atoms with E-state index in [4.69, 9.17) is 5.73 Å². The average Bonchev–Trinajstić information content (AvgIpc) is 2.35. The Morgan fingerprint density at radius 2 is 2.10 bits per heavy atom. The molecule has 5 nitrogen and oxygen atoms in total. The highest BCUT2D eigenvalue weighted by atomic mass is 32.2. The number of amides is 1. The molecule has 0 aliphatic carbocycles. The van der Waals surface area contributed by atoms with Crippen molar-refractivity contribution in [2.24, 2.45) is 0 Å². The van der Waals surface area contributed by atoms with E-state index < -0.39 is 10.8 Å². The van der Waals surface area contributed by atoms with Gasteiger partial charge < -0.3 is 16.0 Å². The van der Waals surface area contributed by atoms with Gasteiger partial charge in [-0.1, -0.05) is 0 Å². The zero-order valence-electron chi connectivity index (χ0n) is 12.5. The largest absolute Gasteiger partial charge is 0.399 e. The van der Waals surface area contributed by atoms with Crippen LogP contribution in [0.3, 0.4) is 0 Å². The molecule has 112 valence electrons. The molecule has 0 heterocycles. The van der Waals surface area contributed by atoms with Crippen LogP contribution in [0.5, 0.6) is 0 Å². The van der Waals surface area contributed by atoms with E-state index in [9.17, 15) is 9.00 Å². The van der Waals surface area contributed by atoms with E-state index >= 15 is 0 Å². The SMILES string of the molecule is CC(CCS(C)=O)NC(=O)c1cc(N)ccc1N(C)C. The van der Waals surface area contributed by atoms with Crippen LogP contribution in [-0.2, 0) is 10.8 Å². The van der Waals surface area contributed by atoms with Gasteiger partial charge in [-0.25, -0.2) is 0 Å². The van der Waals surface area contributed by atoms with E-state index in [0.717, 1.165) is 5.69 Å². The molecule has 0 radical (unpaired) electrons. The third kappa shape index (κ3) is 4.85. The molecule has 0 fully saturated rings. The van der Waals surface area contributed by atoms with Crippen molar-refractivity contribution < 1.29 is 9.00 Å². The van der Waals surface area contributed by atoms with Crippen LogP contribution in [-0.4, -0.2) is 42.3 Å². The van der Waals surface area contributed by atoms with Crippen molar-refractivity contribution in [1.82, 2.24) is 5.32 Å². The Bertz CT molecular complexity index is 503. The summed E-state index contributed by atoms with van der Waals surface area (Å²) in [5, 5.41) is 2.92. The maximum atomic E-state index is 12.3. The molecular weight excluding hydrogens is 274 g/mol. The number of benzene rings is 1. The van der Waals surface area contributed by atoms with Crippen LogP contribution in [0.2, 0.25) is 0 Å². The minimum atomic E-state index is -0.840. The number of nitrogens with two attached hydrogens (primary N) is 1. The Labute approximate surface area is 123 Å². The number of anilines is 2. The number of rotatable bonds is 6. The molecule has 3 N–H and O–H groups in total. The zero-order chi connectivity index (χ0) is 15.3. The summed E-state index contributed by atoms with van der Waals surface area (Å²) in [6.07, 6.45) is 2.35. The summed E-state index contributed by atoms with van der Waals surface area (Å²) in [7, 11) is 2.92. The Morgan fingerprint density at radius 3 is 2.65 bits per heavy atom. The van der Waals surface area contributed by atoms with Gasteiger partial charge in [-0.05, 0) is 31.5 Å². The van der Waals surface area contributed by atoms with Gasteiger partial charge in [0.25, 0.3) is 5.91 Å². The summed E-state index contributed by atoms with van der Waals surface area (Å²) in [4.78, 5) is 14.2. The fraction of sp³-hybridized carbons (Fsp3) is 0.500.